The maximum absolute atomic E-state index is 13.1. The third kappa shape index (κ3) is 3.97. The number of thioether (sulfide) groups is 1. The molecule has 5 heteroatoms. The number of fused-ring (bicyclic) bond motifs is 1. The van der Waals surface area contributed by atoms with Gasteiger partial charge in [-0.2, -0.15) is 0 Å². The molecular weight excluding hydrogens is 378 g/mol. The number of aryl methyl sites for hydroxylation is 1. The first-order valence-corrected chi connectivity index (χ1v) is 11.4. The molecule has 29 heavy (non-hydrogen) atoms. The summed E-state index contributed by atoms with van der Waals surface area (Å²) in [4.78, 5) is 18.1. The predicted octanol–water partition coefficient (Wildman–Crippen LogP) is 4.86. The van der Waals surface area contributed by atoms with E-state index < -0.39 is 0 Å². The zero-order chi connectivity index (χ0) is 19.6. The zero-order valence-corrected chi connectivity index (χ0v) is 17.2. The molecule has 0 radical (unpaired) electrons. The lowest BCUT2D eigenvalue weighted by atomic mass is 10.0. The van der Waals surface area contributed by atoms with Crippen LogP contribution in [0.25, 0.3) is 5.69 Å². The highest BCUT2D eigenvalue weighted by molar-refractivity contribution is 8.00. The molecule has 1 atom stereocenters. The summed E-state index contributed by atoms with van der Waals surface area (Å²) in [5.41, 5.74) is 4.65. The summed E-state index contributed by atoms with van der Waals surface area (Å²) < 4.78 is 2.28. The molecule has 0 bridgehead atoms. The van der Waals surface area contributed by atoms with E-state index in [4.69, 9.17) is 4.98 Å². The molecule has 3 aromatic rings. The molecule has 2 aliphatic carbocycles. The smallest absolute Gasteiger partial charge is 0.238 e. The minimum Gasteiger partial charge on any atom is -0.352 e. The van der Waals surface area contributed by atoms with Gasteiger partial charge in [-0.25, -0.2) is 4.98 Å². The predicted molar refractivity (Wildman–Crippen MR) is 116 cm³/mol. The molecule has 0 aliphatic heterocycles. The first kappa shape index (κ1) is 18.5. The van der Waals surface area contributed by atoms with Crippen LogP contribution in [0.3, 0.4) is 0 Å². The van der Waals surface area contributed by atoms with Crippen molar-refractivity contribution < 1.29 is 4.79 Å². The molecule has 1 unspecified atom stereocenters. The van der Waals surface area contributed by atoms with Gasteiger partial charge in [0.15, 0.2) is 5.16 Å². The first-order valence-electron chi connectivity index (χ1n) is 10.5. The van der Waals surface area contributed by atoms with Gasteiger partial charge < -0.3 is 5.32 Å². The maximum atomic E-state index is 13.1. The van der Waals surface area contributed by atoms with E-state index in [1.165, 1.54) is 24.2 Å². The van der Waals surface area contributed by atoms with Gasteiger partial charge in [0.2, 0.25) is 5.91 Å². The van der Waals surface area contributed by atoms with Gasteiger partial charge in [-0.15, -0.1) is 0 Å². The van der Waals surface area contributed by atoms with Crippen LogP contribution in [-0.2, 0) is 17.6 Å². The Morgan fingerprint density at radius 1 is 1.00 bits per heavy atom. The highest BCUT2D eigenvalue weighted by Gasteiger charge is 2.31. The fourth-order valence-corrected chi connectivity index (χ4v) is 5.11. The van der Waals surface area contributed by atoms with Crippen LogP contribution in [0.15, 0.2) is 65.8 Å². The monoisotopic (exact) mass is 403 g/mol. The maximum Gasteiger partial charge on any atom is 0.238 e. The number of hydrogen-bond donors (Lipinski definition) is 1. The summed E-state index contributed by atoms with van der Waals surface area (Å²) in [5, 5.41) is 3.81. The van der Waals surface area contributed by atoms with Crippen LogP contribution >= 0.6 is 11.8 Å². The molecule has 1 heterocycles. The Kier molecular flexibility index (Phi) is 5.15. The average molecular weight is 404 g/mol. The third-order valence-electron chi connectivity index (χ3n) is 5.60. The van der Waals surface area contributed by atoms with Crippen LogP contribution in [0, 0.1) is 0 Å². The lowest BCUT2D eigenvalue weighted by molar-refractivity contribution is -0.120. The number of rotatable bonds is 6. The lowest BCUT2D eigenvalue weighted by Crippen LogP contribution is -2.30. The highest BCUT2D eigenvalue weighted by Crippen LogP contribution is 2.39. The van der Waals surface area contributed by atoms with E-state index in [0.29, 0.717) is 6.04 Å². The van der Waals surface area contributed by atoms with Crippen molar-refractivity contribution in [3.05, 3.63) is 77.6 Å². The topological polar surface area (TPSA) is 46.9 Å². The third-order valence-corrected chi connectivity index (χ3v) is 6.81. The Hall–Kier alpha value is -2.53. The van der Waals surface area contributed by atoms with E-state index in [-0.39, 0.29) is 11.2 Å². The van der Waals surface area contributed by atoms with Crippen LogP contribution in [0.1, 0.15) is 47.9 Å². The number of para-hydroxylation sites is 1. The van der Waals surface area contributed by atoms with Crippen molar-refractivity contribution in [3.8, 4) is 5.69 Å². The SMILES string of the molecule is O=C(NC1CC1)C(Sc1nc2c(n1-c1ccccc1)CCCC2)c1ccccc1. The van der Waals surface area contributed by atoms with Crippen LogP contribution < -0.4 is 5.32 Å². The highest BCUT2D eigenvalue weighted by atomic mass is 32.2. The number of imidazole rings is 1. The molecule has 0 saturated heterocycles. The van der Waals surface area contributed by atoms with Gasteiger partial charge in [-0.1, -0.05) is 60.3 Å². The molecule has 4 nitrogen and oxygen atoms in total. The summed E-state index contributed by atoms with van der Waals surface area (Å²) >= 11 is 1.57. The summed E-state index contributed by atoms with van der Waals surface area (Å²) in [7, 11) is 0. The minimum absolute atomic E-state index is 0.0873. The summed E-state index contributed by atoms with van der Waals surface area (Å²) in [6.45, 7) is 0. The second-order valence-corrected chi connectivity index (χ2v) is 8.93. The Balaban J connectivity index is 1.54. The van der Waals surface area contributed by atoms with Crippen molar-refractivity contribution in [3.63, 3.8) is 0 Å². The average Bonchev–Trinajstić information content (AvgIpc) is 3.50. The number of nitrogens with zero attached hydrogens (tertiary/aromatic N) is 2. The Morgan fingerprint density at radius 3 is 2.41 bits per heavy atom. The summed E-state index contributed by atoms with van der Waals surface area (Å²) in [5.74, 6) is 0.0873. The van der Waals surface area contributed by atoms with Crippen LogP contribution in [0.2, 0.25) is 0 Å². The number of aromatic nitrogens is 2. The Labute approximate surface area is 175 Å². The van der Waals surface area contributed by atoms with Gasteiger partial charge >= 0.3 is 0 Å². The molecule has 5 rings (SSSR count). The van der Waals surface area contributed by atoms with Crippen molar-refractivity contribution in [2.24, 2.45) is 0 Å². The molecule has 1 aromatic heterocycles. The number of amides is 1. The van der Waals surface area contributed by atoms with E-state index in [2.05, 4.69) is 34.1 Å². The van der Waals surface area contributed by atoms with Crippen molar-refractivity contribution in [1.29, 1.82) is 0 Å². The van der Waals surface area contributed by atoms with E-state index >= 15 is 0 Å². The summed E-state index contributed by atoms with van der Waals surface area (Å²) in [6.07, 6.45) is 6.62. The molecule has 0 spiro atoms. The van der Waals surface area contributed by atoms with Crippen molar-refractivity contribution in [1.82, 2.24) is 14.9 Å². The normalized spacial score (nSPS) is 16.8. The Morgan fingerprint density at radius 2 is 1.69 bits per heavy atom. The number of carbonyl (C=O) groups excluding carboxylic acids is 1. The van der Waals surface area contributed by atoms with E-state index in [1.807, 2.05) is 36.4 Å². The minimum atomic E-state index is -0.303. The van der Waals surface area contributed by atoms with Gasteiger partial charge in [-0.05, 0) is 56.2 Å². The van der Waals surface area contributed by atoms with E-state index in [1.54, 1.807) is 11.8 Å². The van der Waals surface area contributed by atoms with Gasteiger partial charge in [0.1, 0.15) is 5.25 Å². The number of benzene rings is 2. The number of hydrogen-bond acceptors (Lipinski definition) is 3. The van der Waals surface area contributed by atoms with Gasteiger partial charge in [0, 0.05) is 17.4 Å². The largest absolute Gasteiger partial charge is 0.352 e. The molecular formula is C24H25N3OS. The van der Waals surface area contributed by atoms with E-state index in [9.17, 15) is 4.79 Å². The van der Waals surface area contributed by atoms with Gasteiger partial charge in [0.05, 0.1) is 5.69 Å². The quantitative estimate of drug-likeness (QED) is 0.598. The fourth-order valence-electron chi connectivity index (χ4n) is 3.95. The van der Waals surface area contributed by atoms with Crippen LogP contribution in [0.5, 0.6) is 0 Å². The van der Waals surface area contributed by atoms with Crippen molar-refractivity contribution in [2.75, 3.05) is 0 Å². The lowest BCUT2D eigenvalue weighted by Gasteiger charge is -2.19. The number of nitrogens with one attached hydrogen (secondary N) is 1. The number of carbonyl (C=O) groups is 1. The second kappa shape index (κ2) is 8.07. The molecule has 148 valence electrons. The first-order chi connectivity index (χ1) is 14.3. The molecule has 1 saturated carbocycles. The van der Waals surface area contributed by atoms with Gasteiger partial charge in [0.25, 0.3) is 0 Å². The second-order valence-electron chi connectivity index (χ2n) is 7.86. The fraction of sp³-hybridized carbons (Fsp3) is 0.333. The standard InChI is InChI=1S/C24H25N3OS/c28-23(25-18-15-16-18)22(17-9-3-1-4-10-17)29-24-26-20-13-7-8-14-21(20)27(24)19-11-5-2-6-12-19/h1-6,9-12,18,22H,7-8,13-16H2,(H,25,28). The summed E-state index contributed by atoms with van der Waals surface area (Å²) in [6, 6.07) is 20.8. The molecule has 1 N–H and O–H groups in total. The molecule has 2 aromatic carbocycles. The zero-order valence-electron chi connectivity index (χ0n) is 16.4. The molecule has 1 fully saturated rings. The van der Waals surface area contributed by atoms with E-state index in [0.717, 1.165) is 42.1 Å². The molecule has 1 amide bonds. The van der Waals surface area contributed by atoms with Crippen molar-refractivity contribution in [2.45, 2.75) is 55.0 Å². The Bertz CT molecular complexity index is 996. The molecule has 2 aliphatic rings. The van der Waals surface area contributed by atoms with Crippen LogP contribution in [-0.4, -0.2) is 21.5 Å². The van der Waals surface area contributed by atoms with Crippen molar-refractivity contribution >= 4 is 17.7 Å². The van der Waals surface area contributed by atoms with Crippen LogP contribution in [0.4, 0.5) is 0 Å². The van der Waals surface area contributed by atoms with Gasteiger partial charge in [-0.3, -0.25) is 9.36 Å².